The van der Waals surface area contributed by atoms with Crippen molar-refractivity contribution in [2.24, 2.45) is 17.8 Å². The molecule has 2 aliphatic heterocycles. The van der Waals surface area contributed by atoms with Gasteiger partial charge in [-0.05, 0) is 67.9 Å². The fourth-order valence-electron chi connectivity index (χ4n) is 5.62. The van der Waals surface area contributed by atoms with E-state index in [4.69, 9.17) is 9.26 Å². The van der Waals surface area contributed by atoms with E-state index in [0.717, 1.165) is 75.9 Å². The monoisotopic (exact) mass is 484 g/mol. The van der Waals surface area contributed by atoms with E-state index in [9.17, 15) is 9.18 Å². The van der Waals surface area contributed by atoms with Gasteiger partial charge in [0.05, 0.1) is 13.0 Å². The first kappa shape index (κ1) is 24.1. The number of anilines is 1. The van der Waals surface area contributed by atoms with Crippen LogP contribution >= 0.6 is 0 Å². The van der Waals surface area contributed by atoms with Gasteiger partial charge in [-0.25, -0.2) is 4.39 Å². The molecule has 190 valence electrons. The van der Waals surface area contributed by atoms with E-state index in [1.54, 1.807) is 12.1 Å². The molecule has 7 nitrogen and oxygen atoms in total. The van der Waals surface area contributed by atoms with Gasteiger partial charge in [0, 0.05) is 38.2 Å². The third-order valence-electron chi connectivity index (χ3n) is 7.92. The minimum Gasteiger partial charge on any atom is -0.493 e. The predicted molar refractivity (Wildman–Crippen MR) is 131 cm³/mol. The van der Waals surface area contributed by atoms with Gasteiger partial charge in [-0.3, -0.25) is 4.79 Å². The molecule has 0 spiro atoms. The number of amides is 1. The summed E-state index contributed by atoms with van der Waals surface area (Å²) in [5, 5.41) is 4.09. The van der Waals surface area contributed by atoms with E-state index in [1.807, 2.05) is 4.90 Å². The first-order chi connectivity index (χ1) is 17.0. The van der Waals surface area contributed by atoms with Crippen molar-refractivity contribution in [1.82, 2.24) is 15.0 Å². The molecule has 1 aromatic carbocycles. The van der Waals surface area contributed by atoms with E-state index >= 15 is 0 Å². The molecule has 3 heterocycles. The van der Waals surface area contributed by atoms with Crippen LogP contribution in [-0.2, 0) is 11.2 Å². The molecule has 35 heavy (non-hydrogen) atoms. The standard InChI is InChI=1S/C27H37FN4O3/c1-18(2)26-29-27(35-30-26)32-12-7-19(8-13-32)23-15-20(23)9-14-34-22-6-5-21(24(28)17-22)16-25(33)31-10-3-4-11-31/h5-6,17-20,23H,3-4,7-16H2,1-2H3/t20-,23?/m1/s1. The molecule has 0 bridgehead atoms. The number of ether oxygens (including phenoxy) is 1. The summed E-state index contributed by atoms with van der Waals surface area (Å²) in [4.78, 5) is 20.9. The van der Waals surface area contributed by atoms with Crippen molar-refractivity contribution in [2.75, 3.05) is 37.7 Å². The summed E-state index contributed by atoms with van der Waals surface area (Å²) in [5.74, 6) is 3.47. The number of hydrogen-bond acceptors (Lipinski definition) is 6. The van der Waals surface area contributed by atoms with Crippen LogP contribution in [0.1, 0.15) is 69.7 Å². The molecule has 3 aliphatic rings. The van der Waals surface area contributed by atoms with Gasteiger partial charge < -0.3 is 19.1 Å². The number of carbonyl (C=O) groups is 1. The van der Waals surface area contributed by atoms with Crippen molar-refractivity contribution >= 4 is 11.9 Å². The Morgan fingerprint density at radius 3 is 2.66 bits per heavy atom. The van der Waals surface area contributed by atoms with Gasteiger partial charge in [-0.1, -0.05) is 25.1 Å². The summed E-state index contributed by atoms with van der Waals surface area (Å²) in [6, 6.07) is 5.57. The van der Waals surface area contributed by atoms with E-state index in [-0.39, 0.29) is 24.1 Å². The van der Waals surface area contributed by atoms with Crippen LogP contribution in [0.3, 0.4) is 0 Å². The first-order valence-corrected chi connectivity index (χ1v) is 13.3. The van der Waals surface area contributed by atoms with Gasteiger partial charge >= 0.3 is 6.01 Å². The smallest absolute Gasteiger partial charge is 0.324 e. The van der Waals surface area contributed by atoms with E-state index in [2.05, 4.69) is 28.9 Å². The summed E-state index contributed by atoms with van der Waals surface area (Å²) in [6.07, 6.45) is 6.79. The maximum Gasteiger partial charge on any atom is 0.324 e. The molecule has 1 unspecified atom stereocenters. The van der Waals surface area contributed by atoms with E-state index in [1.165, 1.54) is 12.5 Å². The zero-order valence-corrected chi connectivity index (χ0v) is 20.9. The normalized spacial score (nSPS) is 22.7. The number of nitrogens with zero attached hydrogens (tertiary/aromatic N) is 4. The van der Waals surface area contributed by atoms with Crippen LogP contribution < -0.4 is 9.64 Å². The van der Waals surface area contributed by atoms with Gasteiger partial charge in [0.15, 0.2) is 5.82 Å². The molecular weight excluding hydrogens is 447 g/mol. The van der Waals surface area contributed by atoms with Crippen LogP contribution in [0.15, 0.2) is 22.7 Å². The van der Waals surface area contributed by atoms with E-state index in [0.29, 0.717) is 29.9 Å². The number of piperidine rings is 1. The molecule has 2 aromatic rings. The van der Waals surface area contributed by atoms with Crippen molar-refractivity contribution in [2.45, 2.75) is 64.7 Å². The lowest BCUT2D eigenvalue weighted by Gasteiger charge is -2.30. The maximum atomic E-state index is 14.5. The Kier molecular flexibility index (Phi) is 7.25. The number of benzene rings is 1. The average Bonchev–Trinajstić information content (AvgIpc) is 3.24. The van der Waals surface area contributed by atoms with E-state index < -0.39 is 0 Å². The molecule has 1 saturated carbocycles. The van der Waals surface area contributed by atoms with Gasteiger partial charge in [-0.2, -0.15) is 4.98 Å². The average molecular weight is 485 g/mol. The molecule has 2 atom stereocenters. The molecule has 1 amide bonds. The van der Waals surface area contributed by atoms with Crippen molar-refractivity contribution in [3.8, 4) is 5.75 Å². The number of rotatable bonds is 9. The van der Waals surface area contributed by atoms with Gasteiger partial charge in [-0.15, -0.1) is 0 Å². The molecule has 2 saturated heterocycles. The first-order valence-electron chi connectivity index (χ1n) is 13.3. The van der Waals surface area contributed by atoms with Gasteiger partial charge in [0.25, 0.3) is 0 Å². The van der Waals surface area contributed by atoms with Gasteiger partial charge in [0.1, 0.15) is 11.6 Å². The second-order valence-electron chi connectivity index (χ2n) is 10.7. The minimum atomic E-state index is -0.354. The molecule has 3 fully saturated rings. The Labute approximate surface area is 207 Å². The molecule has 1 aliphatic carbocycles. The third kappa shape index (κ3) is 5.78. The van der Waals surface area contributed by atoms with Crippen LogP contribution in [0.4, 0.5) is 10.4 Å². The highest BCUT2D eigenvalue weighted by molar-refractivity contribution is 5.79. The molecular formula is C27H37FN4O3. The minimum absolute atomic E-state index is 0.0121. The SMILES string of the molecule is CC(C)c1noc(N2CCC(C3C[C@H]3CCOc3ccc(CC(=O)N4CCCC4)c(F)c3)CC2)n1. The van der Waals surface area contributed by atoms with Crippen LogP contribution in [0.25, 0.3) is 0 Å². The number of carbonyl (C=O) groups excluding carboxylic acids is 1. The summed E-state index contributed by atoms with van der Waals surface area (Å²) in [6.45, 7) is 8.27. The molecule has 8 heteroatoms. The zero-order chi connectivity index (χ0) is 24.4. The highest BCUT2D eigenvalue weighted by atomic mass is 19.1. The molecule has 0 radical (unpaired) electrons. The fraction of sp³-hybridized carbons (Fsp3) is 0.667. The molecule has 0 N–H and O–H groups in total. The van der Waals surface area contributed by atoms with Crippen molar-refractivity contribution < 1.29 is 18.4 Å². The summed E-state index contributed by atoms with van der Waals surface area (Å²) in [7, 11) is 0. The maximum absolute atomic E-state index is 14.5. The second-order valence-corrected chi connectivity index (χ2v) is 10.7. The number of halogens is 1. The Morgan fingerprint density at radius 2 is 1.97 bits per heavy atom. The number of aromatic nitrogens is 2. The van der Waals surface area contributed by atoms with Crippen LogP contribution in [0.5, 0.6) is 5.75 Å². The lowest BCUT2D eigenvalue weighted by atomic mass is 9.90. The summed E-state index contributed by atoms with van der Waals surface area (Å²) < 4.78 is 25.8. The zero-order valence-electron chi connectivity index (χ0n) is 20.9. The summed E-state index contributed by atoms with van der Waals surface area (Å²) >= 11 is 0. The van der Waals surface area contributed by atoms with Crippen molar-refractivity contribution in [1.29, 1.82) is 0 Å². The highest BCUT2D eigenvalue weighted by Crippen LogP contribution is 2.50. The van der Waals surface area contributed by atoms with Gasteiger partial charge in [0.2, 0.25) is 5.91 Å². The predicted octanol–water partition coefficient (Wildman–Crippen LogP) is 4.82. The Balaban J connectivity index is 1.02. The largest absolute Gasteiger partial charge is 0.493 e. The molecule has 5 rings (SSSR count). The third-order valence-corrected chi connectivity index (χ3v) is 7.92. The Morgan fingerprint density at radius 1 is 1.20 bits per heavy atom. The molecule has 1 aromatic heterocycles. The lowest BCUT2D eigenvalue weighted by molar-refractivity contribution is -0.129. The number of likely N-dealkylation sites (tertiary alicyclic amines) is 1. The Hall–Kier alpha value is -2.64. The topological polar surface area (TPSA) is 71.7 Å². The summed E-state index contributed by atoms with van der Waals surface area (Å²) in [5.41, 5.74) is 0.448. The van der Waals surface area contributed by atoms with Crippen LogP contribution in [-0.4, -0.2) is 53.7 Å². The highest BCUT2D eigenvalue weighted by Gasteiger charge is 2.43. The van der Waals surface area contributed by atoms with Crippen molar-refractivity contribution in [3.63, 3.8) is 0 Å². The van der Waals surface area contributed by atoms with Crippen molar-refractivity contribution in [3.05, 3.63) is 35.4 Å². The van der Waals surface area contributed by atoms with Crippen LogP contribution in [0, 0.1) is 23.6 Å². The van der Waals surface area contributed by atoms with Crippen LogP contribution in [0.2, 0.25) is 0 Å². The quantitative estimate of drug-likeness (QED) is 0.508. The number of hydrogen-bond donors (Lipinski definition) is 0. The lowest BCUT2D eigenvalue weighted by Crippen LogP contribution is -2.34. The Bertz CT molecular complexity index is 1010. The fourth-order valence-corrected chi connectivity index (χ4v) is 5.62. The second kappa shape index (κ2) is 10.5.